The van der Waals surface area contributed by atoms with E-state index in [4.69, 9.17) is 0 Å². The molecule has 0 saturated heterocycles. The average molecular weight is 218 g/mol. The first kappa shape index (κ1) is 14.5. The Bertz CT molecular complexity index is 167. The molecule has 1 atom stereocenters. The van der Waals surface area contributed by atoms with E-state index in [0.29, 0.717) is 6.42 Å². The molecule has 0 amide bonds. The molecule has 0 aromatic carbocycles. The van der Waals surface area contributed by atoms with Crippen LogP contribution in [0.4, 0.5) is 12.9 Å². The van der Waals surface area contributed by atoms with Crippen molar-refractivity contribution in [1.82, 2.24) is 0 Å². The smallest absolute Gasteiger partial charge is 0.449 e. The van der Waals surface area contributed by atoms with E-state index >= 15 is 0 Å². The van der Waals surface area contributed by atoms with Gasteiger partial charge in [-0.05, 0) is 0 Å². The molecule has 0 spiro atoms. The van der Waals surface area contributed by atoms with Crippen LogP contribution in [0.25, 0.3) is 0 Å². The number of rotatable bonds is 1. The Morgan fingerprint density at radius 2 is 1.69 bits per heavy atom. The zero-order valence-electron chi connectivity index (χ0n) is 8.62. The van der Waals surface area contributed by atoms with Crippen molar-refractivity contribution in [2.45, 2.75) is 45.3 Å². The predicted octanol–water partition coefficient (Wildman–Crippen LogP) is 0.808. The second kappa shape index (κ2) is 5.01. The maximum absolute atomic E-state index is 12.5. The van der Waals surface area contributed by atoms with E-state index in [2.05, 4.69) is 0 Å². The van der Waals surface area contributed by atoms with Crippen LogP contribution in [0.15, 0.2) is 0 Å². The number of hydrogen-bond donors (Lipinski definition) is 0. The van der Waals surface area contributed by atoms with Crippen LogP contribution in [0.1, 0.15) is 39.5 Å². The Morgan fingerprint density at radius 1 is 1.15 bits per heavy atom. The van der Waals surface area contributed by atoms with E-state index in [-0.39, 0.29) is 51.4 Å². The largest absolute Gasteiger partial charge is 1.00 e. The minimum absolute atomic E-state index is 0. The molecule has 1 aliphatic carbocycles. The quantitative estimate of drug-likeness (QED) is 0.571. The van der Waals surface area contributed by atoms with Crippen LogP contribution in [0, 0.1) is 5.41 Å². The van der Waals surface area contributed by atoms with E-state index < -0.39 is 18.2 Å². The van der Waals surface area contributed by atoms with E-state index in [9.17, 15) is 12.9 Å². The fraction of sp³-hybridized carbons (Fsp3) is 1.00. The molecule has 0 N–H and O–H groups in total. The number of hydrogen-bond acceptors (Lipinski definition) is 0. The summed E-state index contributed by atoms with van der Waals surface area (Å²) in [6.45, 7) is -1.14. The van der Waals surface area contributed by atoms with Gasteiger partial charge in [0.15, 0.2) is 0 Å². The zero-order chi connectivity index (χ0) is 9.41. The SMILES string of the molecule is CC1(C)CCCCC1[B-](F)(F)F.[K+]. The van der Waals surface area contributed by atoms with E-state index in [1.165, 1.54) is 0 Å². The third kappa shape index (κ3) is 3.86. The van der Waals surface area contributed by atoms with Crippen molar-refractivity contribution >= 4 is 6.98 Å². The second-order valence-electron chi connectivity index (χ2n) is 4.47. The molecule has 0 aliphatic heterocycles. The molecule has 13 heavy (non-hydrogen) atoms. The van der Waals surface area contributed by atoms with Crippen LogP contribution < -0.4 is 51.4 Å². The van der Waals surface area contributed by atoms with Gasteiger partial charge in [0.2, 0.25) is 0 Å². The third-order valence-electron chi connectivity index (χ3n) is 3.05. The van der Waals surface area contributed by atoms with Crippen molar-refractivity contribution in [3.8, 4) is 0 Å². The standard InChI is InChI=1S/C8H15BF3.K/c1-8(2)6-4-3-5-7(8)9(10,11)12;/h7H,3-6H2,1-2H3;/q-1;+1. The predicted molar refractivity (Wildman–Crippen MR) is 45.1 cm³/mol. The summed E-state index contributed by atoms with van der Waals surface area (Å²) in [5, 5.41) is 0. The molecule has 72 valence electrons. The zero-order valence-corrected chi connectivity index (χ0v) is 11.7. The molecule has 1 rings (SSSR count). The summed E-state index contributed by atoms with van der Waals surface area (Å²) in [4.78, 5) is 0. The Hall–Kier alpha value is 1.49. The van der Waals surface area contributed by atoms with Crippen LogP contribution in [-0.4, -0.2) is 6.98 Å². The summed E-state index contributed by atoms with van der Waals surface area (Å²) >= 11 is 0. The molecule has 5 heteroatoms. The van der Waals surface area contributed by atoms with E-state index in [0.717, 1.165) is 19.3 Å². The monoisotopic (exact) mass is 218 g/mol. The molecule has 0 nitrogen and oxygen atoms in total. The molecular weight excluding hydrogens is 203 g/mol. The van der Waals surface area contributed by atoms with Crippen LogP contribution in [0.2, 0.25) is 5.82 Å². The van der Waals surface area contributed by atoms with Crippen LogP contribution in [0.3, 0.4) is 0 Å². The summed E-state index contributed by atoms with van der Waals surface area (Å²) in [5.41, 5.74) is -0.517. The van der Waals surface area contributed by atoms with Gasteiger partial charge in [-0.1, -0.05) is 50.8 Å². The van der Waals surface area contributed by atoms with Gasteiger partial charge in [-0.15, -0.1) is 0 Å². The van der Waals surface area contributed by atoms with Crippen molar-refractivity contribution in [3.63, 3.8) is 0 Å². The molecule has 0 aromatic rings. The van der Waals surface area contributed by atoms with Crippen molar-refractivity contribution in [1.29, 1.82) is 0 Å². The van der Waals surface area contributed by atoms with Crippen LogP contribution in [-0.2, 0) is 0 Å². The van der Waals surface area contributed by atoms with Gasteiger partial charge in [-0.2, -0.15) is 0 Å². The molecule has 0 bridgehead atoms. The van der Waals surface area contributed by atoms with Gasteiger partial charge in [-0.3, -0.25) is 0 Å². The molecule has 0 aromatic heterocycles. The summed E-state index contributed by atoms with van der Waals surface area (Å²) < 4.78 is 37.5. The maximum Gasteiger partial charge on any atom is 1.00 e. The molecule has 1 saturated carbocycles. The van der Waals surface area contributed by atoms with Crippen molar-refractivity contribution in [2.24, 2.45) is 5.41 Å². The second-order valence-corrected chi connectivity index (χ2v) is 4.47. The topological polar surface area (TPSA) is 0 Å². The Balaban J connectivity index is 0.00000144. The van der Waals surface area contributed by atoms with Crippen molar-refractivity contribution in [2.75, 3.05) is 0 Å². The van der Waals surface area contributed by atoms with Crippen LogP contribution >= 0.6 is 0 Å². The van der Waals surface area contributed by atoms with Crippen LogP contribution in [0.5, 0.6) is 0 Å². The summed E-state index contributed by atoms with van der Waals surface area (Å²) in [6.07, 6.45) is 2.76. The molecular formula is C8H15BF3K. The molecule has 1 fully saturated rings. The van der Waals surface area contributed by atoms with Crippen molar-refractivity contribution in [3.05, 3.63) is 0 Å². The summed E-state index contributed by atoms with van der Waals surface area (Å²) in [6, 6.07) is 0. The molecule has 0 heterocycles. The van der Waals surface area contributed by atoms with Gasteiger partial charge >= 0.3 is 58.4 Å². The normalized spacial score (nSPS) is 27.9. The fourth-order valence-electron chi connectivity index (χ4n) is 2.22. The van der Waals surface area contributed by atoms with Gasteiger partial charge in [0, 0.05) is 0 Å². The summed E-state index contributed by atoms with van der Waals surface area (Å²) in [7, 11) is 0. The molecule has 1 aliphatic rings. The van der Waals surface area contributed by atoms with Gasteiger partial charge in [0.05, 0.1) is 0 Å². The molecule has 0 radical (unpaired) electrons. The fourth-order valence-corrected chi connectivity index (χ4v) is 2.22. The molecule has 1 unspecified atom stereocenters. The first-order valence-electron chi connectivity index (χ1n) is 4.54. The van der Waals surface area contributed by atoms with Gasteiger partial charge < -0.3 is 12.9 Å². The van der Waals surface area contributed by atoms with E-state index in [1.807, 2.05) is 0 Å². The maximum atomic E-state index is 12.5. The van der Waals surface area contributed by atoms with Crippen molar-refractivity contribution < 1.29 is 64.3 Å². The van der Waals surface area contributed by atoms with Gasteiger partial charge in [0.25, 0.3) is 0 Å². The Kier molecular flexibility index (Phi) is 5.59. The van der Waals surface area contributed by atoms with E-state index in [1.54, 1.807) is 13.8 Å². The minimum atomic E-state index is -4.62. The average Bonchev–Trinajstić information content (AvgIpc) is 1.83. The Labute approximate surface area is 121 Å². The van der Waals surface area contributed by atoms with Gasteiger partial charge in [0.1, 0.15) is 0 Å². The van der Waals surface area contributed by atoms with Gasteiger partial charge in [-0.25, -0.2) is 0 Å². The minimum Gasteiger partial charge on any atom is -0.449 e. The first-order chi connectivity index (χ1) is 5.34. The first-order valence-corrected chi connectivity index (χ1v) is 4.54. The third-order valence-corrected chi connectivity index (χ3v) is 3.05. The Morgan fingerprint density at radius 3 is 2.00 bits per heavy atom. The number of halogens is 3. The summed E-state index contributed by atoms with van der Waals surface area (Å²) in [5.74, 6) is -1.02.